The van der Waals surface area contributed by atoms with Crippen LogP contribution in [0.5, 0.6) is 0 Å². The fourth-order valence-corrected chi connectivity index (χ4v) is 3.65. The van der Waals surface area contributed by atoms with Gasteiger partial charge >= 0.3 is 5.97 Å². The van der Waals surface area contributed by atoms with Crippen LogP contribution in [0, 0.1) is 10.1 Å². The zero-order chi connectivity index (χ0) is 15.9. The molecule has 1 aromatic carbocycles. The molecule has 1 heterocycles. The first-order valence-electron chi connectivity index (χ1n) is 6.93. The van der Waals surface area contributed by atoms with Gasteiger partial charge in [0.15, 0.2) is 0 Å². The number of ether oxygens (including phenoxy) is 1. The number of halogens is 1. The van der Waals surface area contributed by atoms with E-state index in [1.54, 1.807) is 12.1 Å². The van der Waals surface area contributed by atoms with Gasteiger partial charge in [0, 0.05) is 43.3 Å². The summed E-state index contributed by atoms with van der Waals surface area (Å²) in [6, 6.07) is 6.00. The summed E-state index contributed by atoms with van der Waals surface area (Å²) in [6.07, 6.45) is 0. The van der Waals surface area contributed by atoms with Crippen molar-refractivity contribution in [2.24, 2.45) is 0 Å². The summed E-state index contributed by atoms with van der Waals surface area (Å²) in [5.41, 5.74) is 0.731. The maximum absolute atomic E-state index is 12.0. The number of esters is 1. The van der Waals surface area contributed by atoms with Gasteiger partial charge in [0.1, 0.15) is 10.5 Å². The number of rotatable bonds is 6. The summed E-state index contributed by atoms with van der Waals surface area (Å²) >= 11 is 3.94. The van der Waals surface area contributed by atoms with Gasteiger partial charge in [-0.15, -0.1) is 0 Å². The van der Waals surface area contributed by atoms with Crippen LogP contribution in [0.25, 0.3) is 0 Å². The minimum Gasteiger partial charge on any atom is -0.463 e. The second kappa shape index (κ2) is 8.68. The Hall–Kier alpha value is -0.870. The van der Waals surface area contributed by atoms with E-state index in [-0.39, 0.29) is 11.7 Å². The highest BCUT2D eigenvalue weighted by Crippen LogP contribution is 2.26. The summed E-state index contributed by atoms with van der Waals surface area (Å²) in [5, 5.41) is 10.6. The molecule has 1 saturated heterocycles. The van der Waals surface area contributed by atoms with Gasteiger partial charge in [-0.1, -0.05) is 34.7 Å². The average molecular weight is 436 g/mol. The van der Waals surface area contributed by atoms with Crippen molar-refractivity contribution in [1.29, 1.82) is 0 Å². The lowest BCUT2D eigenvalue weighted by Crippen LogP contribution is -2.35. The summed E-state index contributed by atoms with van der Waals surface area (Å²) < 4.78 is 4.86. The average Bonchev–Trinajstić information content (AvgIpc) is 2.55. The maximum Gasteiger partial charge on any atom is 0.323 e. The van der Waals surface area contributed by atoms with Crippen molar-refractivity contribution in [3.8, 4) is 0 Å². The van der Waals surface area contributed by atoms with E-state index in [9.17, 15) is 14.9 Å². The van der Waals surface area contributed by atoms with Gasteiger partial charge in [0.2, 0.25) is 0 Å². The van der Waals surface area contributed by atoms with Crippen molar-refractivity contribution in [2.45, 2.75) is 3.92 Å². The van der Waals surface area contributed by atoms with Gasteiger partial charge in [0.25, 0.3) is 5.69 Å². The van der Waals surface area contributed by atoms with Crippen molar-refractivity contribution in [1.82, 2.24) is 4.90 Å². The predicted molar refractivity (Wildman–Crippen MR) is 94.6 cm³/mol. The smallest absolute Gasteiger partial charge is 0.323 e. The van der Waals surface area contributed by atoms with Gasteiger partial charge in [-0.05, 0) is 5.56 Å². The Morgan fingerprint density at radius 2 is 2.00 bits per heavy atom. The lowest BCUT2D eigenvalue weighted by atomic mass is 10.1. The van der Waals surface area contributed by atoms with Gasteiger partial charge in [0.05, 0.1) is 4.92 Å². The Morgan fingerprint density at radius 1 is 1.36 bits per heavy atom. The number of hydrogen-bond donors (Lipinski definition) is 0. The van der Waals surface area contributed by atoms with E-state index < -0.39 is 8.85 Å². The van der Waals surface area contributed by atoms with E-state index >= 15 is 0 Å². The Balaban J connectivity index is 1.79. The Labute approximate surface area is 146 Å². The van der Waals surface area contributed by atoms with Gasteiger partial charge in [-0.25, -0.2) is 0 Å². The number of nitrogens with zero attached hydrogens (tertiary/aromatic N) is 2. The zero-order valence-electron chi connectivity index (χ0n) is 11.9. The summed E-state index contributed by atoms with van der Waals surface area (Å²) in [6.45, 7) is 3.22. The van der Waals surface area contributed by atoms with Crippen LogP contribution in [0.2, 0.25) is 0 Å². The minimum absolute atomic E-state index is 0.0173. The molecule has 1 unspecified atom stereocenters. The van der Waals surface area contributed by atoms with Crippen LogP contribution >= 0.6 is 34.4 Å². The summed E-state index contributed by atoms with van der Waals surface area (Å²) in [4.78, 5) is 24.5. The maximum atomic E-state index is 12.0. The molecule has 120 valence electrons. The van der Waals surface area contributed by atoms with E-state index in [0.717, 1.165) is 31.1 Å². The van der Waals surface area contributed by atoms with Crippen molar-refractivity contribution in [3.63, 3.8) is 0 Å². The van der Waals surface area contributed by atoms with Crippen LogP contribution < -0.4 is 0 Å². The van der Waals surface area contributed by atoms with Crippen molar-refractivity contribution in [3.05, 3.63) is 39.9 Å². The van der Waals surface area contributed by atoms with Crippen LogP contribution in [0.4, 0.5) is 5.69 Å². The molecular weight excluding hydrogens is 419 g/mol. The molecule has 1 aliphatic heterocycles. The summed E-state index contributed by atoms with van der Waals surface area (Å²) in [7, 11) is 0. The molecule has 22 heavy (non-hydrogen) atoms. The molecule has 0 spiro atoms. The number of nitro groups is 1. The summed E-state index contributed by atoms with van der Waals surface area (Å²) in [5.74, 6) is 1.96. The molecule has 0 aromatic heterocycles. The van der Waals surface area contributed by atoms with E-state index in [0.29, 0.717) is 12.2 Å². The number of nitro benzene ring substituents is 1. The molecule has 1 fully saturated rings. The first-order chi connectivity index (χ1) is 10.6. The van der Waals surface area contributed by atoms with E-state index in [1.165, 1.54) is 12.1 Å². The molecule has 1 aliphatic rings. The number of carbonyl (C=O) groups excluding carboxylic acids is 1. The van der Waals surface area contributed by atoms with Crippen LogP contribution in [0.1, 0.15) is 9.49 Å². The molecule has 0 radical (unpaired) electrons. The predicted octanol–water partition coefficient (Wildman–Crippen LogP) is 2.66. The van der Waals surface area contributed by atoms with E-state index in [2.05, 4.69) is 4.90 Å². The van der Waals surface area contributed by atoms with Gasteiger partial charge in [-0.2, -0.15) is 11.8 Å². The Morgan fingerprint density at radius 3 is 2.59 bits per heavy atom. The Bertz CT molecular complexity index is 520. The van der Waals surface area contributed by atoms with Crippen LogP contribution in [-0.2, 0) is 9.53 Å². The lowest BCUT2D eigenvalue weighted by molar-refractivity contribution is -0.384. The quantitative estimate of drug-likeness (QED) is 0.225. The second-order valence-corrected chi connectivity index (χ2v) is 7.30. The first kappa shape index (κ1) is 17.5. The van der Waals surface area contributed by atoms with Crippen LogP contribution in [-0.4, -0.2) is 53.5 Å². The van der Waals surface area contributed by atoms with Crippen LogP contribution in [0.15, 0.2) is 24.3 Å². The Kier molecular flexibility index (Phi) is 6.90. The third kappa shape index (κ3) is 5.10. The van der Waals surface area contributed by atoms with Crippen molar-refractivity contribution < 1.29 is 14.5 Å². The largest absolute Gasteiger partial charge is 0.463 e. The van der Waals surface area contributed by atoms with E-state index in [4.69, 9.17) is 4.74 Å². The third-order valence-electron chi connectivity index (χ3n) is 3.36. The fraction of sp³-hybridized carbons (Fsp3) is 0.500. The topological polar surface area (TPSA) is 72.7 Å². The van der Waals surface area contributed by atoms with Gasteiger partial charge in [-0.3, -0.25) is 19.8 Å². The van der Waals surface area contributed by atoms with E-state index in [1.807, 2.05) is 34.4 Å². The molecule has 0 aliphatic carbocycles. The molecule has 0 saturated carbocycles. The molecule has 0 amide bonds. The zero-order valence-corrected chi connectivity index (χ0v) is 14.9. The number of hydrogen-bond acceptors (Lipinski definition) is 6. The molecule has 1 aromatic rings. The number of thioether (sulfide) groups is 1. The highest BCUT2D eigenvalue weighted by molar-refractivity contribution is 14.1. The van der Waals surface area contributed by atoms with Crippen molar-refractivity contribution >= 4 is 46.0 Å². The number of benzene rings is 1. The molecular formula is C14H17IN2O4S. The van der Waals surface area contributed by atoms with Crippen LogP contribution in [0.3, 0.4) is 0 Å². The fourth-order valence-electron chi connectivity index (χ4n) is 2.07. The highest BCUT2D eigenvalue weighted by atomic mass is 127. The van der Waals surface area contributed by atoms with Crippen molar-refractivity contribution in [2.75, 3.05) is 37.7 Å². The molecule has 1 atom stereocenters. The number of alkyl halides is 1. The third-order valence-corrected chi connectivity index (χ3v) is 5.53. The normalized spacial score (nSPS) is 17.0. The first-order valence-corrected chi connectivity index (χ1v) is 9.33. The molecule has 0 N–H and O–H groups in total. The standard InChI is InChI=1S/C14H17IN2O4S/c15-13(11-1-3-12(4-2-11)17(19)20)14(18)21-8-5-16-6-9-22-10-7-16/h1-4,13H,5-10H2. The SMILES string of the molecule is O=C(OCCN1CCSCC1)C(I)c1ccc([N+](=O)[O-])cc1. The minimum atomic E-state index is -0.457. The highest BCUT2D eigenvalue weighted by Gasteiger charge is 2.20. The lowest BCUT2D eigenvalue weighted by Gasteiger charge is -2.25. The number of carbonyl (C=O) groups is 1. The molecule has 6 nitrogen and oxygen atoms in total. The molecule has 8 heteroatoms. The monoisotopic (exact) mass is 436 g/mol. The molecule has 2 rings (SSSR count). The second-order valence-electron chi connectivity index (χ2n) is 4.83. The van der Waals surface area contributed by atoms with Gasteiger partial charge < -0.3 is 4.74 Å². The number of non-ortho nitro benzene ring substituents is 1. The molecule has 0 bridgehead atoms.